The minimum atomic E-state index is -1.64. The lowest BCUT2D eigenvalue weighted by Gasteiger charge is -2.22. The summed E-state index contributed by atoms with van der Waals surface area (Å²) in [6, 6.07) is 8.04. The minimum Gasteiger partial charge on any atom is -0.355 e. The lowest BCUT2D eigenvalue weighted by molar-refractivity contribution is -0.133. The Morgan fingerprint density at radius 2 is 1.73 bits per heavy atom. The quantitative estimate of drug-likeness (QED) is 0.645. The van der Waals surface area contributed by atoms with Gasteiger partial charge in [0.25, 0.3) is 11.8 Å². The van der Waals surface area contributed by atoms with E-state index < -0.39 is 41.6 Å². The maximum absolute atomic E-state index is 13.6. The van der Waals surface area contributed by atoms with Gasteiger partial charge in [-0.15, -0.1) is 0 Å². The van der Waals surface area contributed by atoms with Gasteiger partial charge >= 0.3 is 6.03 Å². The fourth-order valence-corrected chi connectivity index (χ4v) is 3.04. The van der Waals surface area contributed by atoms with Crippen molar-refractivity contribution in [3.05, 3.63) is 65.2 Å². The van der Waals surface area contributed by atoms with Crippen molar-refractivity contribution in [2.75, 3.05) is 18.9 Å². The number of rotatable bonds is 5. The van der Waals surface area contributed by atoms with E-state index in [4.69, 9.17) is 0 Å². The van der Waals surface area contributed by atoms with Crippen LogP contribution in [0.4, 0.5) is 19.3 Å². The molecule has 3 N–H and O–H groups in total. The number of amides is 5. The smallest absolute Gasteiger partial charge is 0.325 e. The van der Waals surface area contributed by atoms with E-state index in [9.17, 15) is 28.0 Å². The number of anilines is 1. The first-order chi connectivity index (χ1) is 14.2. The molecule has 8 nitrogen and oxygen atoms in total. The molecule has 156 valence electrons. The molecule has 0 aliphatic carbocycles. The molecule has 1 unspecified atom stereocenters. The average molecular weight is 416 g/mol. The number of halogens is 2. The second-order valence-corrected chi connectivity index (χ2v) is 6.78. The van der Waals surface area contributed by atoms with Crippen molar-refractivity contribution in [2.45, 2.75) is 12.5 Å². The molecule has 1 aliphatic rings. The topological polar surface area (TPSA) is 108 Å². The molecule has 1 aliphatic heterocycles. The van der Waals surface area contributed by atoms with Crippen LogP contribution in [0.5, 0.6) is 0 Å². The highest BCUT2D eigenvalue weighted by Crippen LogP contribution is 2.29. The van der Waals surface area contributed by atoms with Crippen LogP contribution in [0.1, 0.15) is 22.8 Å². The van der Waals surface area contributed by atoms with Gasteiger partial charge in [0.15, 0.2) is 11.6 Å². The number of nitrogens with one attached hydrogen (secondary N) is 3. The summed E-state index contributed by atoms with van der Waals surface area (Å²) in [5, 5.41) is 7.40. The molecular weight excluding hydrogens is 398 g/mol. The van der Waals surface area contributed by atoms with Crippen molar-refractivity contribution in [2.24, 2.45) is 0 Å². The monoisotopic (exact) mass is 416 g/mol. The summed E-state index contributed by atoms with van der Waals surface area (Å²) in [5.41, 5.74) is -0.830. The van der Waals surface area contributed by atoms with Crippen LogP contribution >= 0.6 is 0 Å². The van der Waals surface area contributed by atoms with E-state index in [1.807, 2.05) is 0 Å². The third-order valence-corrected chi connectivity index (χ3v) is 4.73. The molecule has 10 heteroatoms. The summed E-state index contributed by atoms with van der Waals surface area (Å²) in [6.45, 7) is 0.760. The molecule has 1 saturated heterocycles. The van der Waals surface area contributed by atoms with Crippen molar-refractivity contribution in [3.8, 4) is 0 Å². The van der Waals surface area contributed by atoms with Crippen molar-refractivity contribution >= 4 is 29.4 Å². The largest absolute Gasteiger partial charge is 0.355 e. The van der Waals surface area contributed by atoms with Crippen molar-refractivity contribution < 1.29 is 28.0 Å². The molecule has 1 fully saturated rings. The maximum atomic E-state index is 13.6. The Balaban J connectivity index is 1.71. The number of hydrogen-bond acceptors (Lipinski definition) is 4. The average Bonchev–Trinajstić information content (AvgIpc) is 2.94. The molecule has 0 spiro atoms. The van der Waals surface area contributed by atoms with Crippen LogP contribution in [-0.2, 0) is 15.1 Å². The summed E-state index contributed by atoms with van der Waals surface area (Å²) in [6.07, 6.45) is 0. The van der Waals surface area contributed by atoms with Crippen molar-refractivity contribution in [1.29, 1.82) is 0 Å². The summed E-state index contributed by atoms with van der Waals surface area (Å²) < 4.78 is 26.8. The van der Waals surface area contributed by atoms with Crippen LogP contribution in [0.3, 0.4) is 0 Å². The molecule has 2 aromatic carbocycles. The molecule has 0 bridgehead atoms. The minimum absolute atomic E-state index is 0.0486. The molecular formula is C20H18F2N4O4. The lowest BCUT2D eigenvalue weighted by atomic mass is 9.92. The van der Waals surface area contributed by atoms with Crippen LogP contribution < -0.4 is 16.0 Å². The molecule has 1 atom stereocenters. The zero-order valence-corrected chi connectivity index (χ0v) is 16.1. The SMILES string of the molecule is CNC(=O)c1ccc(NC(=O)CN2C(=O)NC(C)(c3ccc(F)c(F)c3)C2=O)cc1. The van der Waals surface area contributed by atoms with Crippen LogP contribution in [0.25, 0.3) is 0 Å². The maximum Gasteiger partial charge on any atom is 0.325 e. The zero-order chi connectivity index (χ0) is 22.1. The van der Waals surface area contributed by atoms with Gasteiger partial charge in [-0.2, -0.15) is 0 Å². The Labute approximate surface area is 170 Å². The Morgan fingerprint density at radius 3 is 2.33 bits per heavy atom. The molecule has 30 heavy (non-hydrogen) atoms. The molecule has 0 radical (unpaired) electrons. The molecule has 0 saturated carbocycles. The van der Waals surface area contributed by atoms with Crippen LogP contribution in [0.15, 0.2) is 42.5 Å². The Kier molecular flexibility index (Phi) is 5.50. The third-order valence-electron chi connectivity index (χ3n) is 4.73. The molecule has 2 aromatic rings. The van der Waals surface area contributed by atoms with Gasteiger partial charge in [-0.05, 0) is 48.9 Å². The number of nitrogens with zero attached hydrogens (tertiary/aromatic N) is 1. The van der Waals surface area contributed by atoms with Crippen LogP contribution in [0.2, 0.25) is 0 Å². The number of carbonyl (C=O) groups excluding carboxylic acids is 4. The third kappa shape index (κ3) is 3.84. The Hall–Kier alpha value is -3.82. The first kappa shape index (κ1) is 20.9. The number of imide groups is 1. The van der Waals surface area contributed by atoms with Crippen molar-refractivity contribution in [3.63, 3.8) is 0 Å². The second kappa shape index (κ2) is 7.90. The predicted octanol–water partition coefficient (Wildman–Crippen LogP) is 1.73. The van der Waals surface area contributed by atoms with E-state index in [0.29, 0.717) is 16.2 Å². The number of hydrogen-bond donors (Lipinski definition) is 3. The number of urea groups is 1. The summed E-state index contributed by atoms with van der Waals surface area (Å²) in [5.74, 6) is -3.96. The van der Waals surface area contributed by atoms with E-state index in [2.05, 4.69) is 16.0 Å². The first-order valence-corrected chi connectivity index (χ1v) is 8.87. The normalized spacial score (nSPS) is 18.2. The highest BCUT2D eigenvalue weighted by Gasteiger charge is 2.49. The fraction of sp³-hybridized carbons (Fsp3) is 0.200. The van der Waals surface area contributed by atoms with Gasteiger partial charge in [-0.25, -0.2) is 13.6 Å². The fourth-order valence-electron chi connectivity index (χ4n) is 3.04. The number of benzene rings is 2. The van der Waals surface area contributed by atoms with Gasteiger partial charge in [-0.3, -0.25) is 19.3 Å². The van der Waals surface area contributed by atoms with Gasteiger partial charge in [-0.1, -0.05) is 6.07 Å². The zero-order valence-electron chi connectivity index (χ0n) is 16.1. The first-order valence-electron chi connectivity index (χ1n) is 8.87. The van der Waals surface area contributed by atoms with Gasteiger partial charge in [0.1, 0.15) is 12.1 Å². The predicted molar refractivity (Wildman–Crippen MR) is 102 cm³/mol. The summed E-state index contributed by atoms with van der Waals surface area (Å²) in [7, 11) is 1.49. The molecule has 3 rings (SSSR count). The van der Waals surface area contributed by atoms with E-state index >= 15 is 0 Å². The van der Waals surface area contributed by atoms with Crippen LogP contribution in [0, 0.1) is 11.6 Å². The van der Waals surface area contributed by atoms with Gasteiger partial charge in [0.2, 0.25) is 5.91 Å². The Morgan fingerprint density at radius 1 is 1.07 bits per heavy atom. The Bertz CT molecular complexity index is 1040. The van der Waals surface area contributed by atoms with E-state index in [-0.39, 0.29) is 11.5 Å². The summed E-state index contributed by atoms with van der Waals surface area (Å²) in [4.78, 5) is 49.6. The van der Waals surface area contributed by atoms with Crippen LogP contribution in [-0.4, -0.2) is 42.2 Å². The molecule has 5 amide bonds. The highest BCUT2D eigenvalue weighted by molar-refractivity contribution is 6.10. The molecule has 0 aromatic heterocycles. The van der Waals surface area contributed by atoms with E-state index in [1.165, 1.54) is 44.3 Å². The lowest BCUT2D eigenvalue weighted by Crippen LogP contribution is -2.42. The van der Waals surface area contributed by atoms with Gasteiger partial charge in [0.05, 0.1) is 0 Å². The van der Waals surface area contributed by atoms with E-state index in [0.717, 1.165) is 12.1 Å². The molecule has 1 heterocycles. The van der Waals surface area contributed by atoms with Gasteiger partial charge < -0.3 is 16.0 Å². The number of carbonyl (C=O) groups is 4. The van der Waals surface area contributed by atoms with E-state index in [1.54, 1.807) is 0 Å². The summed E-state index contributed by atoms with van der Waals surface area (Å²) >= 11 is 0. The van der Waals surface area contributed by atoms with Gasteiger partial charge in [0, 0.05) is 18.3 Å². The standard InChI is InChI=1S/C20H18F2N4O4/c1-20(12-5-8-14(21)15(22)9-12)18(29)26(19(30)25-20)10-16(27)24-13-6-3-11(4-7-13)17(28)23-2/h3-9H,10H2,1-2H3,(H,23,28)(H,24,27)(H,25,30). The van der Waals surface area contributed by atoms with Crippen molar-refractivity contribution in [1.82, 2.24) is 15.5 Å². The highest BCUT2D eigenvalue weighted by atomic mass is 19.2. The second-order valence-electron chi connectivity index (χ2n) is 6.78.